The van der Waals surface area contributed by atoms with Crippen molar-refractivity contribution < 1.29 is 8.81 Å². The van der Waals surface area contributed by atoms with Crippen LogP contribution in [0, 0.1) is 5.82 Å². The highest BCUT2D eigenvalue weighted by molar-refractivity contribution is 5.20. The van der Waals surface area contributed by atoms with Crippen LogP contribution in [-0.2, 0) is 12.8 Å². The summed E-state index contributed by atoms with van der Waals surface area (Å²) in [6, 6.07) is 7.32. The standard InChI is InChI=1S/C14H16FN3O/c15-12-4-2-1-3-10(12)9-14-18-17-13(19-14)7-8-16-11-5-6-11/h1-4,11,16H,5-9H2. The van der Waals surface area contributed by atoms with Gasteiger partial charge in [-0.15, -0.1) is 10.2 Å². The molecule has 0 amide bonds. The van der Waals surface area contributed by atoms with Crippen molar-refractivity contribution in [3.05, 3.63) is 47.4 Å². The fraction of sp³-hybridized carbons (Fsp3) is 0.429. The Bertz CT molecular complexity index is 551. The highest BCUT2D eigenvalue weighted by atomic mass is 19.1. The zero-order valence-corrected chi connectivity index (χ0v) is 10.6. The van der Waals surface area contributed by atoms with Crippen LogP contribution in [0.15, 0.2) is 28.7 Å². The maximum Gasteiger partial charge on any atom is 0.221 e. The van der Waals surface area contributed by atoms with Crippen molar-refractivity contribution in [3.63, 3.8) is 0 Å². The first-order valence-corrected chi connectivity index (χ1v) is 6.59. The third kappa shape index (κ3) is 3.38. The minimum atomic E-state index is -0.238. The number of hydrogen-bond acceptors (Lipinski definition) is 4. The number of hydrogen-bond donors (Lipinski definition) is 1. The van der Waals surface area contributed by atoms with E-state index in [1.54, 1.807) is 18.2 Å². The molecule has 1 aromatic carbocycles. The average molecular weight is 261 g/mol. The Kier molecular flexibility index (Phi) is 3.55. The van der Waals surface area contributed by atoms with Crippen LogP contribution in [0.25, 0.3) is 0 Å². The van der Waals surface area contributed by atoms with Gasteiger partial charge in [0, 0.05) is 19.0 Å². The van der Waals surface area contributed by atoms with Crippen molar-refractivity contribution in [1.29, 1.82) is 0 Å². The van der Waals surface area contributed by atoms with Crippen molar-refractivity contribution in [2.75, 3.05) is 6.54 Å². The van der Waals surface area contributed by atoms with Gasteiger partial charge in [0.25, 0.3) is 0 Å². The lowest BCUT2D eigenvalue weighted by Gasteiger charge is -1.99. The Hall–Kier alpha value is -1.75. The van der Waals surface area contributed by atoms with Crippen molar-refractivity contribution in [1.82, 2.24) is 15.5 Å². The molecule has 0 bridgehead atoms. The average Bonchev–Trinajstić information content (AvgIpc) is 3.12. The Morgan fingerprint density at radius 2 is 2.00 bits per heavy atom. The van der Waals surface area contributed by atoms with Crippen LogP contribution in [0.4, 0.5) is 4.39 Å². The number of aromatic nitrogens is 2. The molecule has 19 heavy (non-hydrogen) atoms. The highest BCUT2D eigenvalue weighted by Gasteiger charge is 2.20. The van der Waals surface area contributed by atoms with E-state index >= 15 is 0 Å². The van der Waals surface area contributed by atoms with Crippen molar-refractivity contribution in [2.45, 2.75) is 31.7 Å². The number of benzene rings is 1. The van der Waals surface area contributed by atoms with Crippen LogP contribution in [-0.4, -0.2) is 22.8 Å². The third-order valence-corrected chi connectivity index (χ3v) is 3.16. The number of nitrogens with one attached hydrogen (secondary N) is 1. The molecule has 5 heteroatoms. The fourth-order valence-corrected chi connectivity index (χ4v) is 1.94. The second kappa shape index (κ2) is 5.48. The summed E-state index contributed by atoms with van der Waals surface area (Å²) in [6.07, 6.45) is 3.60. The van der Waals surface area contributed by atoms with E-state index in [1.165, 1.54) is 18.9 Å². The largest absolute Gasteiger partial charge is 0.425 e. The second-order valence-corrected chi connectivity index (χ2v) is 4.84. The zero-order chi connectivity index (χ0) is 13.1. The van der Waals surface area contributed by atoms with Crippen LogP contribution in [0.5, 0.6) is 0 Å². The lowest BCUT2D eigenvalue weighted by atomic mass is 10.1. The van der Waals surface area contributed by atoms with E-state index in [1.807, 2.05) is 0 Å². The molecular weight excluding hydrogens is 245 g/mol. The van der Waals surface area contributed by atoms with E-state index in [2.05, 4.69) is 15.5 Å². The molecule has 1 aliphatic rings. The zero-order valence-electron chi connectivity index (χ0n) is 10.6. The van der Waals surface area contributed by atoms with Gasteiger partial charge < -0.3 is 9.73 Å². The molecule has 1 fully saturated rings. The first-order chi connectivity index (χ1) is 9.31. The molecule has 0 atom stereocenters. The SMILES string of the molecule is Fc1ccccc1Cc1nnc(CCNC2CC2)o1. The van der Waals surface area contributed by atoms with E-state index in [0.29, 0.717) is 29.8 Å². The molecule has 1 aliphatic carbocycles. The van der Waals surface area contributed by atoms with Gasteiger partial charge in [-0.3, -0.25) is 0 Å². The third-order valence-electron chi connectivity index (χ3n) is 3.16. The molecule has 1 saturated carbocycles. The Labute approximate surface area is 111 Å². The van der Waals surface area contributed by atoms with Crippen LogP contribution in [0.1, 0.15) is 30.2 Å². The van der Waals surface area contributed by atoms with Crippen LogP contribution < -0.4 is 5.32 Å². The Balaban J connectivity index is 1.56. The van der Waals surface area contributed by atoms with Crippen LogP contribution >= 0.6 is 0 Å². The normalized spacial score (nSPS) is 14.8. The Morgan fingerprint density at radius 1 is 1.21 bits per heavy atom. The summed E-state index contributed by atoms with van der Waals surface area (Å²) < 4.78 is 19.0. The van der Waals surface area contributed by atoms with E-state index in [-0.39, 0.29) is 5.82 Å². The van der Waals surface area contributed by atoms with Gasteiger partial charge in [0.15, 0.2) is 0 Å². The molecule has 2 aromatic rings. The smallest absolute Gasteiger partial charge is 0.221 e. The first kappa shape index (κ1) is 12.3. The predicted molar refractivity (Wildman–Crippen MR) is 68.2 cm³/mol. The minimum Gasteiger partial charge on any atom is -0.425 e. The van der Waals surface area contributed by atoms with Crippen LogP contribution in [0.3, 0.4) is 0 Å². The molecule has 100 valence electrons. The summed E-state index contributed by atoms with van der Waals surface area (Å²) in [6.45, 7) is 0.853. The van der Waals surface area contributed by atoms with Crippen molar-refractivity contribution >= 4 is 0 Å². The van der Waals surface area contributed by atoms with Crippen LogP contribution in [0.2, 0.25) is 0 Å². The summed E-state index contributed by atoms with van der Waals surface area (Å²) in [5.74, 6) is 0.837. The lowest BCUT2D eigenvalue weighted by Crippen LogP contribution is -2.19. The molecular formula is C14H16FN3O. The number of nitrogens with zero attached hydrogens (tertiary/aromatic N) is 2. The van der Waals surface area contributed by atoms with Gasteiger partial charge in [-0.2, -0.15) is 0 Å². The van der Waals surface area contributed by atoms with E-state index in [9.17, 15) is 4.39 Å². The molecule has 0 saturated heterocycles. The van der Waals surface area contributed by atoms with Gasteiger partial charge in [-0.05, 0) is 24.5 Å². The molecule has 3 rings (SSSR count). The molecule has 4 nitrogen and oxygen atoms in total. The summed E-state index contributed by atoms with van der Waals surface area (Å²) in [4.78, 5) is 0. The molecule has 0 spiro atoms. The van der Waals surface area contributed by atoms with Gasteiger partial charge in [-0.25, -0.2) is 4.39 Å². The van der Waals surface area contributed by atoms with Crippen molar-refractivity contribution in [2.24, 2.45) is 0 Å². The highest BCUT2D eigenvalue weighted by Crippen LogP contribution is 2.18. The monoisotopic (exact) mass is 261 g/mol. The minimum absolute atomic E-state index is 0.238. The quantitative estimate of drug-likeness (QED) is 0.865. The summed E-state index contributed by atoms with van der Waals surface area (Å²) in [7, 11) is 0. The van der Waals surface area contributed by atoms with Crippen molar-refractivity contribution in [3.8, 4) is 0 Å². The van der Waals surface area contributed by atoms with E-state index < -0.39 is 0 Å². The summed E-state index contributed by atoms with van der Waals surface area (Å²) >= 11 is 0. The van der Waals surface area contributed by atoms with Gasteiger partial charge in [0.05, 0.1) is 6.42 Å². The summed E-state index contributed by atoms with van der Waals surface area (Å²) in [5, 5.41) is 11.3. The maximum atomic E-state index is 13.5. The van der Waals surface area contributed by atoms with Gasteiger partial charge in [-0.1, -0.05) is 18.2 Å². The predicted octanol–water partition coefficient (Wildman–Crippen LogP) is 2.09. The fourth-order valence-electron chi connectivity index (χ4n) is 1.94. The summed E-state index contributed by atoms with van der Waals surface area (Å²) in [5.41, 5.74) is 0.578. The van der Waals surface area contributed by atoms with Gasteiger partial charge in [0.1, 0.15) is 5.82 Å². The van der Waals surface area contributed by atoms with E-state index in [0.717, 1.165) is 13.0 Å². The first-order valence-electron chi connectivity index (χ1n) is 6.59. The molecule has 1 heterocycles. The molecule has 0 aliphatic heterocycles. The number of rotatable bonds is 6. The molecule has 1 N–H and O–H groups in total. The van der Waals surface area contributed by atoms with E-state index in [4.69, 9.17) is 4.42 Å². The number of halogens is 1. The Morgan fingerprint density at radius 3 is 2.79 bits per heavy atom. The lowest BCUT2D eigenvalue weighted by molar-refractivity contribution is 0.448. The maximum absolute atomic E-state index is 13.5. The van der Waals surface area contributed by atoms with Gasteiger partial charge in [0.2, 0.25) is 11.8 Å². The molecule has 1 aromatic heterocycles. The topological polar surface area (TPSA) is 51.0 Å². The van der Waals surface area contributed by atoms with Gasteiger partial charge >= 0.3 is 0 Å². The molecule has 0 radical (unpaired) electrons. The molecule has 0 unspecified atom stereocenters. The second-order valence-electron chi connectivity index (χ2n) is 4.84.